The van der Waals surface area contributed by atoms with E-state index in [-0.39, 0.29) is 0 Å². The fraction of sp³-hybridized carbons (Fsp3) is 0.615. The molecule has 4 heteroatoms. The Kier molecular flexibility index (Phi) is 2.71. The molecule has 1 atom stereocenters. The minimum atomic E-state index is 0.442. The topological polar surface area (TPSA) is 29.3 Å². The van der Waals surface area contributed by atoms with Crippen molar-refractivity contribution in [2.75, 3.05) is 0 Å². The zero-order valence-electron chi connectivity index (χ0n) is 10.4. The summed E-state index contributed by atoms with van der Waals surface area (Å²) in [5, 5.41) is 5.74. The van der Waals surface area contributed by atoms with Crippen LogP contribution in [0.25, 0.3) is 4.96 Å². The van der Waals surface area contributed by atoms with E-state index in [2.05, 4.69) is 46.3 Å². The Bertz CT molecular complexity index is 483. The third-order valence-electron chi connectivity index (χ3n) is 3.93. The molecule has 92 valence electrons. The molecule has 0 saturated heterocycles. The molecular weight excluding hydrogens is 230 g/mol. The highest BCUT2D eigenvalue weighted by atomic mass is 32.1. The molecule has 3 nitrogen and oxygen atoms in total. The van der Waals surface area contributed by atoms with Crippen LogP contribution < -0.4 is 5.32 Å². The molecule has 0 radical (unpaired) electrons. The van der Waals surface area contributed by atoms with Crippen LogP contribution in [0.4, 0.5) is 0 Å². The number of nitrogens with zero attached hydrogens (tertiary/aromatic N) is 2. The summed E-state index contributed by atoms with van der Waals surface area (Å²) in [5.41, 5.74) is 1.59. The summed E-state index contributed by atoms with van der Waals surface area (Å²) in [5.74, 6) is 0. The van der Waals surface area contributed by atoms with Crippen LogP contribution in [0.3, 0.4) is 0 Å². The summed E-state index contributed by atoms with van der Waals surface area (Å²) >= 11 is 1.69. The lowest BCUT2D eigenvalue weighted by molar-refractivity contribution is 0.282. The van der Waals surface area contributed by atoms with Crippen LogP contribution in [-0.2, 0) is 6.54 Å². The number of imidazole rings is 1. The van der Waals surface area contributed by atoms with Crippen molar-refractivity contribution >= 4 is 16.3 Å². The van der Waals surface area contributed by atoms with Crippen molar-refractivity contribution in [1.82, 2.24) is 14.7 Å². The van der Waals surface area contributed by atoms with Gasteiger partial charge in [-0.3, -0.25) is 4.40 Å². The first-order valence-corrected chi connectivity index (χ1v) is 7.17. The molecule has 2 heterocycles. The van der Waals surface area contributed by atoms with Crippen LogP contribution in [0.5, 0.6) is 0 Å². The van der Waals surface area contributed by atoms with Crippen LogP contribution in [-0.4, -0.2) is 15.4 Å². The summed E-state index contributed by atoms with van der Waals surface area (Å²) in [4.78, 5) is 5.69. The molecule has 0 bridgehead atoms. The SMILES string of the molecule is CC1(C)CCCC1NCc1cn2ccsc2n1. The standard InChI is InChI=1S/C13H19N3S/c1-13(2)5-3-4-11(13)14-8-10-9-16-6-7-17-12(16)15-10/h6-7,9,11,14H,3-5,8H2,1-2H3. The largest absolute Gasteiger partial charge is 0.308 e. The summed E-state index contributed by atoms with van der Waals surface area (Å²) in [6.07, 6.45) is 8.18. The molecule has 1 aliphatic carbocycles. The van der Waals surface area contributed by atoms with Gasteiger partial charge in [0.1, 0.15) is 0 Å². The summed E-state index contributed by atoms with van der Waals surface area (Å²) in [6, 6.07) is 0.641. The number of hydrogen-bond acceptors (Lipinski definition) is 3. The van der Waals surface area contributed by atoms with Crippen molar-refractivity contribution in [2.45, 2.75) is 45.7 Å². The number of nitrogens with one attached hydrogen (secondary N) is 1. The van der Waals surface area contributed by atoms with Gasteiger partial charge in [-0.1, -0.05) is 20.3 Å². The van der Waals surface area contributed by atoms with Crippen LogP contribution >= 0.6 is 11.3 Å². The highest BCUT2D eigenvalue weighted by Crippen LogP contribution is 2.37. The Morgan fingerprint density at radius 2 is 2.47 bits per heavy atom. The van der Waals surface area contributed by atoms with Crippen LogP contribution in [0, 0.1) is 5.41 Å². The van der Waals surface area contributed by atoms with Gasteiger partial charge in [-0.25, -0.2) is 4.98 Å². The first-order valence-electron chi connectivity index (χ1n) is 6.30. The molecule has 0 aliphatic heterocycles. The molecular formula is C13H19N3S. The molecule has 1 saturated carbocycles. The van der Waals surface area contributed by atoms with E-state index in [1.165, 1.54) is 19.3 Å². The number of fused-ring (bicyclic) bond motifs is 1. The average Bonchev–Trinajstić information content (AvgIpc) is 2.88. The van der Waals surface area contributed by atoms with Crippen molar-refractivity contribution < 1.29 is 0 Å². The predicted molar refractivity (Wildman–Crippen MR) is 71.3 cm³/mol. The number of hydrogen-bond donors (Lipinski definition) is 1. The van der Waals surface area contributed by atoms with Gasteiger partial charge in [0, 0.05) is 30.4 Å². The third kappa shape index (κ3) is 2.11. The summed E-state index contributed by atoms with van der Waals surface area (Å²) < 4.78 is 2.10. The molecule has 17 heavy (non-hydrogen) atoms. The second kappa shape index (κ2) is 4.10. The average molecular weight is 249 g/mol. The fourth-order valence-corrected chi connectivity index (χ4v) is 3.51. The molecule has 2 aromatic heterocycles. The fourth-order valence-electron chi connectivity index (χ4n) is 2.79. The molecule has 1 fully saturated rings. The van der Waals surface area contributed by atoms with Crippen LogP contribution in [0.1, 0.15) is 38.8 Å². The van der Waals surface area contributed by atoms with Gasteiger partial charge in [0.05, 0.1) is 5.69 Å². The minimum Gasteiger partial charge on any atom is -0.308 e. The predicted octanol–water partition coefficient (Wildman–Crippen LogP) is 3.06. The Morgan fingerprint density at radius 1 is 1.59 bits per heavy atom. The van der Waals surface area contributed by atoms with Crippen molar-refractivity contribution in [1.29, 1.82) is 0 Å². The zero-order valence-corrected chi connectivity index (χ0v) is 11.3. The normalized spacial score (nSPS) is 23.5. The van der Waals surface area contributed by atoms with Gasteiger partial charge in [-0.05, 0) is 18.3 Å². The summed E-state index contributed by atoms with van der Waals surface area (Å²) in [7, 11) is 0. The summed E-state index contributed by atoms with van der Waals surface area (Å²) in [6.45, 7) is 5.62. The molecule has 1 aliphatic rings. The van der Waals surface area contributed by atoms with Crippen molar-refractivity contribution in [3.05, 3.63) is 23.5 Å². The smallest absolute Gasteiger partial charge is 0.193 e. The van der Waals surface area contributed by atoms with E-state index >= 15 is 0 Å². The minimum absolute atomic E-state index is 0.442. The second-order valence-electron chi connectivity index (χ2n) is 5.64. The maximum atomic E-state index is 4.60. The van der Waals surface area contributed by atoms with Gasteiger partial charge in [0.25, 0.3) is 0 Å². The van der Waals surface area contributed by atoms with E-state index in [1.807, 2.05) is 0 Å². The molecule has 0 aromatic carbocycles. The van der Waals surface area contributed by atoms with E-state index in [9.17, 15) is 0 Å². The van der Waals surface area contributed by atoms with Gasteiger partial charge in [-0.15, -0.1) is 11.3 Å². The molecule has 0 amide bonds. The Labute approximate surface area is 106 Å². The number of rotatable bonds is 3. The van der Waals surface area contributed by atoms with Crippen molar-refractivity contribution in [3.63, 3.8) is 0 Å². The molecule has 0 spiro atoms. The van der Waals surface area contributed by atoms with E-state index < -0.39 is 0 Å². The Hall–Kier alpha value is -0.870. The highest BCUT2D eigenvalue weighted by molar-refractivity contribution is 7.15. The molecule has 1 N–H and O–H groups in total. The highest BCUT2D eigenvalue weighted by Gasteiger charge is 2.33. The van der Waals surface area contributed by atoms with Crippen LogP contribution in [0.2, 0.25) is 0 Å². The zero-order chi connectivity index (χ0) is 11.9. The lowest BCUT2D eigenvalue weighted by Gasteiger charge is -2.27. The van der Waals surface area contributed by atoms with Crippen molar-refractivity contribution in [2.24, 2.45) is 5.41 Å². The lowest BCUT2D eigenvalue weighted by Crippen LogP contribution is -2.37. The van der Waals surface area contributed by atoms with E-state index in [0.29, 0.717) is 11.5 Å². The van der Waals surface area contributed by atoms with Crippen LogP contribution in [0.15, 0.2) is 17.8 Å². The van der Waals surface area contributed by atoms with Gasteiger partial charge in [-0.2, -0.15) is 0 Å². The first kappa shape index (κ1) is 11.2. The maximum Gasteiger partial charge on any atom is 0.193 e. The van der Waals surface area contributed by atoms with E-state index in [0.717, 1.165) is 17.2 Å². The van der Waals surface area contributed by atoms with E-state index in [4.69, 9.17) is 0 Å². The van der Waals surface area contributed by atoms with E-state index in [1.54, 1.807) is 11.3 Å². The third-order valence-corrected chi connectivity index (χ3v) is 4.70. The Balaban J connectivity index is 1.66. The van der Waals surface area contributed by atoms with Gasteiger partial charge in [0.2, 0.25) is 0 Å². The monoisotopic (exact) mass is 249 g/mol. The first-order chi connectivity index (χ1) is 8.15. The quantitative estimate of drug-likeness (QED) is 0.906. The van der Waals surface area contributed by atoms with Gasteiger partial charge >= 0.3 is 0 Å². The maximum absolute atomic E-state index is 4.60. The lowest BCUT2D eigenvalue weighted by atomic mass is 9.87. The second-order valence-corrected chi connectivity index (χ2v) is 6.51. The number of thiazole rings is 1. The van der Waals surface area contributed by atoms with Gasteiger partial charge < -0.3 is 5.32 Å². The Morgan fingerprint density at radius 3 is 3.18 bits per heavy atom. The molecule has 1 unspecified atom stereocenters. The molecule has 3 rings (SSSR count). The molecule has 2 aromatic rings. The van der Waals surface area contributed by atoms with Gasteiger partial charge in [0.15, 0.2) is 4.96 Å². The number of aromatic nitrogens is 2. The van der Waals surface area contributed by atoms with Crippen molar-refractivity contribution in [3.8, 4) is 0 Å².